The van der Waals surface area contributed by atoms with E-state index in [1.165, 1.54) is 12.1 Å². The zero-order chi connectivity index (χ0) is 24.1. The lowest BCUT2D eigenvalue weighted by Crippen LogP contribution is -2.53. The third-order valence-electron chi connectivity index (χ3n) is 6.17. The molecule has 1 unspecified atom stereocenters. The summed E-state index contributed by atoms with van der Waals surface area (Å²) in [5.41, 5.74) is 1.65. The SMILES string of the molecule is COc1ccc(-c2noc(CN3CCN(C(C)C(=O)N(C)Cc4cccc(F)c4)CC3)n2)cc1. The Balaban J connectivity index is 1.26. The number of hydrogen-bond acceptors (Lipinski definition) is 7. The number of piperazine rings is 1. The molecule has 1 aliphatic rings. The van der Waals surface area contributed by atoms with Crippen LogP contribution in [0, 0.1) is 5.82 Å². The number of ether oxygens (including phenoxy) is 1. The van der Waals surface area contributed by atoms with Crippen LogP contribution < -0.4 is 4.74 Å². The Labute approximate surface area is 198 Å². The van der Waals surface area contributed by atoms with Gasteiger partial charge in [0.25, 0.3) is 0 Å². The van der Waals surface area contributed by atoms with Crippen LogP contribution in [0.1, 0.15) is 18.4 Å². The maximum absolute atomic E-state index is 13.4. The van der Waals surface area contributed by atoms with E-state index in [2.05, 4.69) is 19.9 Å². The number of aromatic nitrogens is 2. The van der Waals surface area contributed by atoms with E-state index in [1.54, 1.807) is 25.1 Å². The van der Waals surface area contributed by atoms with Gasteiger partial charge in [0.1, 0.15) is 11.6 Å². The fraction of sp³-hybridized carbons (Fsp3) is 0.400. The van der Waals surface area contributed by atoms with Crippen molar-refractivity contribution in [2.75, 3.05) is 40.3 Å². The van der Waals surface area contributed by atoms with Crippen LogP contribution in [0.3, 0.4) is 0 Å². The van der Waals surface area contributed by atoms with Crippen LogP contribution >= 0.6 is 0 Å². The van der Waals surface area contributed by atoms with E-state index in [9.17, 15) is 9.18 Å². The molecular weight excluding hydrogens is 437 g/mol. The van der Waals surface area contributed by atoms with Crippen molar-refractivity contribution in [3.8, 4) is 17.1 Å². The zero-order valence-electron chi connectivity index (χ0n) is 19.8. The van der Waals surface area contributed by atoms with Gasteiger partial charge in [0.05, 0.1) is 19.7 Å². The summed E-state index contributed by atoms with van der Waals surface area (Å²) in [6.45, 7) is 6.00. The fourth-order valence-electron chi connectivity index (χ4n) is 4.14. The van der Waals surface area contributed by atoms with E-state index < -0.39 is 0 Å². The second-order valence-corrected chi connectivity index (χ2v) is 8.55. The number of carbonyl (C=O) groups is 1. The zero-order valence-corrected chi connectivity index (χ0v) is 19.8. The van der Waals surface area contributed by atoms with Crippen molar-refractivity contribution >= 4 is 5.91 Å². The predicted molar refractivity (Wildman–Crippen MR) is 125 cm³/mol. The van der Waals surface area contributed by atoms with E-state index in [0.29, 0.717) is 24.8 Å². The molecule has 0 saturated carbocycles. The smallest absolute Gasteiger partial charge is 0.241 e. The van der Waals surface area contributed by atoms with Gasteiger partial charge in [-0.1, -0.05) is 17.3 Å². The van der Waals surface area contributed by atoms with E-state index in [4.69, 9.17) is 9.26 Å². The Morgan fingerprint density at radius 3 is 2.59 bits per heavy atom. The van der Waals surface area contributed by atoms with Crippen molar-refractivity contribution in [1.82, 2.24) is 24.8 Å². The number of amides is 1. The fourth-order valence-corrected chi connectivity index (χ4v) is 4.14. The Morgan fingerprint density at radius 2 is 1.91 bits per heavy atom. The third kappa shape index (κ3) is 5.78. The van der Waals surface area contributed by atoms with Crippen LogP contribution in [0.2, 0.25) is 0 Å². The van der Waals surface area contributed by atoms with Crippen molar-refractivity contribution < 1.29 is 18.4 Å². The molecule has 1 amide bonds. The normalized spacial score (nSPS) is 15.8. The highest BCUT2D eigenvalue weighted by molar-refractivity contribution is 5.81. The van der Waals surface area contributed by atoms with E-state index in [0.717, 1.165) is 43.1 Å². The van der Waals surface area contributed by atoms with Crippen LogP contribution in [0.5, 0.6) is 5.75 Å². The van der Waals surface area contributed by atoms with Gasteiger partial charge in [0, 0.05) is 45.3 Å². The highest BCUT2D eigenvalue weighted by Gasteiger charge is 2.28. The number of hydrogen-bond donors (Lipinski definition) is 0. The topological polar surface area (TPSA) is 74.9 Å². The van der Waals surface area contributed by atoms with E-state index in [-0.39, 0.29) is 17.8 Å². The van der Waals surface area contributed by atoms with Gasteiger partial charge in [0.2, 0.25) is 17.6 Å². The monoisotopic (exact) mass is 467 g/mol. The summed E-state index contributed by atoms with van der Waals surface area (Å²) in [6, 6.07) is 13.6. The number of likely N-dealkylation sites (N-methyl/N-ethyl adjacent to an activating group) is 1. The Kier molecular flexibility index (Phi) is 7.54. The molecule has 180 valence electrons. The number of halogens is 1. The van der Waals surface area contributed by atoms with E-state index >= 15 is 0 Å². The molecule has 1 fully saturated rings. The maximum Gasteiger partial charge on any atom is 0.241 e. The first-order valence-corrected chi connectivity index (χ1v) is 11.4. The van der Waals surface area contributed by atoms with Crippen LogP contribution in [-0.4, -0.2) is 77.1 Å². The lowest BCUT2D eigenvalue weighted by molar-refractivity contribution is -0.136. The first-order chi connectivity index (χ1) is 16.4. The minimum atomic E-state index is -0.292. The van der Waals surface area contributed by atoms with Gasteiger partial charge in [-0.05, 0) is 48.9 Å². The number of benzene rings is 2. The Hall–Kier alpha value is -3.30. The largest absolute Gasteiger partial charge is 0.497 e. The van der Waals surface area contributed by atoms with Crippen LogP contribution in [0.4, 0.5) is 4.39 Å². The molecule has 0 radical (unpaired) electrons. The molecule has 1 aromatic heterocycles. The molecule has 1 aliphatic heterocycles. The lowest BCUT2D eigenvalue weighted by atomic mass is 10.1. The van der Waals surface area contributed by atoms with Gasteiger partial charge in [-0.15, -0.1) is 0 Å². The van der Waals surface area contributed by atoms with Gasteiger partial charge >= 0.3 is 0 Å². The van der Waals surface area contributed by atoms with Crippen molar-refractivity contribution in [2.45, 2.75) is 26.1 Å². The van der Waals surface area contributed by atoms with Crippen molar-refractivity contribution in [3.05, 3.63) is 65.8 Å². The molecule has 4 rings (SSSR count). The van der Waals surface area contributed by atoms with Gasteiger partial charge in [-0.25, -0.2) is 4.39 Å². The summed E-state index contributed by atoms with van der Waals surface area (Å²) >= 11 is 0. The molecule has 34 heavy (non-hydrogen) atoms. The third-order valence-corrected chi connectivity index (χ3v) is 6.17. The average Bonchev–Trinajstić information content (AvgIpc) is 3.32. The highest BCUT2D eigenvalue weighted by Crippen LogP contribution is 2.20. The second-order valence-electron chi connectivity index (χ2n) is 8.55. The molecule has 0 N–H and O–H groups in total. The van der Waals surface area contributed by atoms with Gasteiger partial charge in [-0.3, -0.25) is 14.6 Å². The first kappa shape index (κ1) is 23.8. The Bertz CT molecular complexity index is 1100. The summed E-state index contributed by atoms with van der Waals surface area (Å²) in [4.78, 5) is 23.5. The summed E-state index contributed by atoms with van der Waals surface area (Å²) < 4.78 is 24.1. The van der Waals surface area contributed by atoms with Crippen LogP contribution in [0.15, 0.2) is 53.1 Å². The van der Waals surface area contributed by atoms with Gasteiger partial charge in [0.15, 0.2) is 0 Å². The highest BCUT2D eigenvalue weighted by atomic mass is 19.1. The molecule has 0 aliphatic carbocycles. The van der Waals surface area contributed by atoms with Crippen molar-refractivity contribution in [2.24, 2.45) is 0 Å². The number of carbonyl (C=O) groups excluding carboxylic acids is 1. The van der Waals surface area contributed by atoms with E-state index in [1.807, 2.05) is 37.3 Å². The molecule has 1 atom stereocenters. The standard InChI is InChI=1S/C25H30FN5O3/c1-18(25(32)29(2)16-19-5-4-6-21(26)15-19)31-13-11-30(12-14-31)17-23-27-24(28-34-23)20-7-9-22(33-3)10-8-20/h4-10,15,18H,11-14,16-17H2,1-3H3. The number of rotatable bonds is 8. The molecule has 0 spiro atoms. The molecule has 3 aromatic rings. The first-order valence-electron chi connectivity index (χ1n) is 11.4. The number of methoxy groups -OCH3 is 1. The molecular formula is C25H30FN5O3. The minimum Gasteiger partial charge on any atom is -0.497 e. The van der Waals surface area contributed by atoms with Crippen LogP contribution in [0.25, 0.3) is 11.4 Å². The predicted octanol–water partition coefficient (Wildman–Crippen LogP) is 3.05. The molecule has 0 bridgehead atoms. The molecule has 1 saturated heterocycles. The van der Waals surface area contributed by atoms with Crippen molar-refractivity contribution in [1.29, 1.82) is 0 Å². The Morgan fingerprint density at radius 1 is 1.18 bits per heavy atom. The quantitative estimate of drug-likeness (QED) is 0.504. The molecule has 8 nitrogen and oxygen atoms in total. The molecule has 2 aromatic carbocycles. The van der Waals surface area contributed by atoms with Crippen molar-refractivity contribution in [3.63, 3.8) is 0 Å². The summed E-state index contributed by atoms with van der Waals surface area (Å²) in [6.07, 6.45) is 0. The lowest BCUT2D eigenvalue weighted by Gasteiger charge is -2.38. The minimum absolute atomic E-state index is 0.0266. The molecule has 2 heterocycles. The summed E-state index contributed by atoms with van der Waals surface area (Å²) in [5.74, 6) is 1.63. The van der Waals surface area contributed by atoms with Crippen LogP contribution in [-0.2, 0) is 17.9 Å². The summed E-state index contributed by atoms with van der Waals surface area (Å²) in [7, 11) is 3.39. The summed E-state index contributed by atoms with van der Waals surface area (Å²) in [5, 5.41) is 4.10. The van der Waals surface area contributed by atoms with Gasteiger partial charge < -0.3 is 14.2 Å². The van der Waals surface area contributed by atoms with Gasteiger partial charge in [-0.2, -0.15) is 4.98 Å². The average molecular weight is 468 g/mol. The molecule has 9 heteroatoms. The number of nitrogens with zero attached hydrogens (tertiary/aromatic N) is 5. The maximum atomic E-state index is 13.4. The second kappa shape index (κ2) is 10.8.